The van der Waals surface area contributed by atoms with Crippen LogP contribution in [0.4, 0.5) is 0 Å². The summed E-state index contributed by atoms with van der Waals surface area (Å²) < 4.78 is 12.6. The van der Waals surface area contributed by atoms with Crippen molar-refractivity contribution in [3.63, 3.8) is 0 Å². The van der Waals surface area contributed by atoms with E-state index in [0.717, 1.165) is 21.7 Å². The minimum Gasteiger partial charge on any atom is -0.493 e. The summed E-state index contributed by atoms with van der Waals surface area (Å²) in [5.74, 6) is 1.42. The van der Waals surface area contributed by atoms with Gasteiger partial charge in [-0.3, -0.25) is 4.98 Å². The molecule has 4 nitrogen and oxygen atoms in total. The third-order valence-corrected chi connectivity index (χ3v) is 5.31. The number of methoxy groups -OCH3 is 1. The zero-order valence-electron chi connectivity index (χ0n) is 15.8. The van der Waals surface area contributed by atoms with E-state index in [1.54, 1.807) is 30.8 Å². The molecule has 0 saturated carbocycles. The number of hydrogen-bond acceptors (Lipinski definition) is 5. The van der Waals surface area contributed by atoms with Gasteiger partial charge in [-0.15, -0.1) is 11.3 Å². The lowest BCUT2D eigenvalue weighted by atomic mass is 10.2. The minimum atomic E-state index is 0.471. The standard InChI is InChI=1S/C23H20N2O2S/c1-16-3-7-22-19(13-16)25-23(28-22)8-5-17-4-6-20(21(14-17)26-2)27-15-18-9-11-24-12-10-18/h3-14H,15H2,1-2H3. The molecular formula is C23H20N2O2S. The quantitative estimate of drug-likeness (QED) is 0.421. The SMILES string of the molecule is COc1cc(C=Cc2nc3cc(C)ccc3s2)ccc1OCc1ccncc1. The molecule has 28 heavy (non-hydrogen) atoms. The number of rotatable bonds is 6. The Balaban J connectivity index is 1.50. The fourth-order valence-corrected chi connectivity index (χ4v) is 3.69. The van der Waals surface area contributed by atoms with E-state index in [-0.39, 0.29) is 0 Å². The van der Waals surface area contributed by atoms with Gasteiger partial charge in [0.25, 0.3) is 0 Å². The van der Waals surface area contributed by atoms with Crippen molar-refractivity contribution in [1.82, 2.24) is 9.97 Å². The molecule has 0 fully saturated rings. The smallest absolute Gasteiger partial charge is 0.161 e. The Hall–Kier alpha value is -3.18. The van der Waals surface area contributed by atoms with Crippen molar-refractivity contribution in [2.24, 2.45) is 0 Å². The fraction of sp³-hybridized carbons (Fsp3) is 0.130. The molecule has 0 saturated heterocycles. The van der Waals surface area contributed by atoms with Gasteiger partial charge < -0.3 is 9.47 Å². The number of benzene rings is 2. The van der Waals surface area contributed by atoms with E-state index in [4.69, 9.17) is 9.47 Å². The molecule has 0 atom stereocenters. The van der Waals surface area contributed by atoms with Crippen molar-refractivity contribution >= 4 is 33.7 Å². The lowest BCUT2D eigenvalue weighted by Gasteiger charge is -2.11. The molecule has 140 valence electrons. The Morgan fingerprint density at radius 2 is 1.82 bits per heavy atom. The van der Waals surface area contributed by atoms with Crippen molar-refractivity contribution in [3.05, 3.63) is 82.6 Å². The number of thiazole rings is 1. The molecular weight excluding hydrogens is 368 g/mol. The van der Waals surface area contributed by atoms with Gasteiger partial charge in [0.15, 0.2) is 11.5 Å². The van der Waals surface area contributed by atoms with Crippen molar-refractivity contribution in [2.45, 2.75) is 13.5 Å². The number of nitrogens with zero attached hydrogens (tertiary/aromatic N) is 2. The minimum absolute atomic E-state index is 0.471. The van der Waals surface area contributed by atoms with Gasteiger partial charge in [-0.25, -0.2) is 4.98 Å². The van der Waals surface area contributed by atoms with Gasteiger partial charge in [0, 0.05) is 12.4 Å². The first-order valence-corrected chi connectivity index (χ1v) is 9.78. The first kappa shape index (κ1) is 18.2. The predicted octanol–water partition coefficient (Wildman–Crippen LogP) is 5.76. The molecule has 4 rings (SSSR count). The predicted molar refractivity (Wildman–Crippen MR) is 115 cm³/mol. The summed E-state index contributed by atoms with van der Waals surface area (Å²) in [4.78, 5) is 8.70. The van der Waals surface area contributed by atoms with Crippen molar-refractivity contribution in [2.75, 3.05) is 7.11 Å². The number of ether oxygens (including phenoxy) is 2. The summed E-state index contributed by atoms with van der Waals surface area (Å²) in [5, 5.41) is 0.984. The Morgan fingerprint density at radius 1 is 0.964 bits per heavy atom. The highest BCUT2D eigenvalue weighted by Crippen LogP contribution is 2.30. The summed E-state index contributed by atoms with van der Waals surface area (Å²) >= 11 is 1.69. The third-order valence-electron chi connectivity index (χ3n) is 4.31. The molecule has 0 amide bonds. The molecule has 0 aliphatic carbocycles. The Morgan fingerprint density at radius 3 is 2.64 bits per heavy atom. The molecule has 0 radical (unpaired) electrons. The maximum atomic E-state index is 5.90. The van der Waals surface area contributed by atoms with Crippen LogP contribution in [0.15, 0.2) is 60.9 Å². The van der Waals surface area contributed by atoms with E-state index in [9.17, 15) is 0 Å². The average Bonchev–Trinajstić information content (AvgIpc) is 3.13. The highest BCUT2D eigenvalue weighted by atomic mass is 32.1. The molecule has 2 aromatic heterocycles. The van der Waals surface area contributed by atoms with E-state index in [1.165, 1.54) is 10.3 Å². The van der Waals surface area contributed by atoms with E-state index in [2.05, 4.69) is 35.1 Å². The molecule has 5 heteroatoms. The molecule has 2 aromatic carbocycles. The number of aryl methyl sites for hydroxylation is 1. The van der Waals surface area contributed by atoms with Crippen LogP contribution in [-0.4, -0.2) is 17.1 Å². The number of pyridine rings is 1. The van der Waals surface area contributed by atoms with Gasteiger partial charge >= 0.3 is 0 Å². The van der Waals surface area contributed by atoms with Crippen LogP contribution in [-0.2, 0) is 6.61 Å². The summed E-state index contributed by atoms with van der Waals surface area (Å²) in [6.45, 7) is 2.55. The Bertz CT molecular complexity index is 1120. The second-order valence-corrected chi connectivity index (χ2v) is 7.47. The van der Waals surface area contributed by atoms with Crippen LogP contribution in [0.2, 0.25) is 0 Å². The molecule has 2 heterocycles. The van der Waals surface area contributed by atoms with Crippen LogP contribution in [0.3, 0.4) is 0 Å². The second kappa shape index (κ2) is 8.23. The monoisotopic (exact) mass is 388 g/mol. The summed E-state index contributed by atoms with van der Waals surface area (Å²) in [7, 11) is 1.65. The first-order chi connectivity index (χ1) is 13.7. The lowest BCUT2D eigenvalue weighted by molar-refractivity contribution is 0.284. The normalized spacial score (nSPS) is 11.2. The first-order valence-electron chi connectivity index (χ1n) is 8.96. The molecule has 0 spiro atoms. The maximum Gasteiger partial charge on any atom is 0.161 e. The van der Waals surface area contributed by atoms with Crippen molar-refractivity contribution < 1.29 is 9.47 Å². The zero-order valence-corrected chi connectivity index (χ0v) is 16.6. The average molecular weight is 388 g/mol. The van der Waals surface area contributed by atoms with Gasteiger partial charge in [-0.05, 0) is 66.1 Å². The van der Waals surface area contributed by atoms with Crippen LogP contribution in [0, 0.1) is 6.92 Å². The summed E-state index contributed by atoms with van der Waals surface area (Å²) in [5.41, 5.74) is 4.36. The maximum absolute atomic E-state index is 5.90. The van der Waals surface area contributed by atoms with Crippen molar-refractivity contribution in [1.29, 1.82) is 0 Å². The van der Waals surface area contributed by atoms with Crippen LogP contribution in [0.25, 0.3) is 22.4 Å². The number of aromatic nitrogens is 2. The van der Waals surface area contributed by atoms with Gasteiger partial charge in [0.05, 0.1) is 17.3 Å². The van der Waals surface area contributed by atoms with E-state index >= 15 is 0 Å². The van der Waals surface area contributed by atoms with Crippen LogP contribution >= 0.6 is 11.3 Å². The van der Waals surface area contributed by atoms with Crippen LogP contribution in [0.1, 0.15) is 21.7 Å². The largest absolute Gasteiger partial charge is 0.493 e. The fourth-order valence-electron chi connectivity index (χ4n) is 2.84. The molecule has 0 unspecified atom stereocenters. The van der Waals surface area contributed by atoms with Crippen LogP contribution < -0.4 is 9.47 Å². The topological polar surface area (TPSA) is 44.2 Å². The molecule has 0 aliphatic rings. The number of hydrogen-bond donors (Lipinski definition) is 0. The van der Waals surface area contributed by atoms with Gasteiger partial charge in [-0.1, -0.05) is 18.2 Å². The highest BCUT2D eigenvalue weighted by Gasteiger charge is 2.06. The Kier molecular flexibility index (Phi) is 5.35. The van der Waals surface area contributed by atoms with E-state index in [0.29, 0.717) is 18.1 Å². The molecule has 0 bridgehead atoms. The van der Waals surface area contributed by atoms with Gasteiger partial charge in [-0.2, -0.15) is 0 Å². The molecule has 4 aromatic rings. The highest BCUT2D eigenvalue weighted by molar-refractivity contribution is 7.19. The van der Waals surface area contributed by atoms with Crippen molar-refractivity contribution in [3.8, 4) is 11.5 Å². The zero-order chi connectivity index (χ0) is 19.3. The van der Waals surface area contributed by atoms with E-state index < -0.39 is 0 Å². The Labute approximate surface area is 168 Å². The van der Waals surface area contributed by atoms with Gasteiger partial charge in [0.2, 0.25) is 0 Å². The second-order valence-electron chi connectivity index (χ2n) is 6.41. The van der Waals surface area contributed by atoms with Crippen LogP contribution in [0.5, 0.6) is 11.5 Å². The molecule has 0 N–H and O–H groups in total. The number of fused-ring (bicyclic) bond motifs is 1. The van der Waals surface area contributed by atoms with E-state index in [1.807, 2.05) is 42.5 Å². The molecule has 0 aliphatic heterocycles. The lowest BCUT2D eigenvalue weighted by Crippen LogP contribution is -1.98. The summed E-state index contributed by atoms with van der Waals surface area (Å²) in [6.07, 6.45) is 7.59. The third kappa shape index (κ3) is 4.21. The summed E-state index contributed by atoms with van der Waals surface area (Å²) in [6, 6.07) is 16.1. The van der Waals surface area contributed by atoms with Gasteiger partial charge in [0.1, 0.15) is 11.6 Å².